The summed E-state index contributed by atoms with van der Waals surface area (Å²) in [4.78, 5) is 8.82. The van der Waals surface area contributed by atoms with E-state index in [9.17, 15) is 8.78 Å². The average molecular weight is 381 g/mol. The van der Waals surface area contributed by atoms with Gasteiger partial charge >= 0.3 is 0 Å². The number of hydrogen-bond acceptors (Lipinski definition) is 3. The van der Waals surface area contributed by atoms with Gasteiger partial charge in [-0.15, -0.1) is 11.3 Å². The number of benzene rings is 1. The number of halogens is 2. The van der Waals surface area contributed by atoms with Crippen LogP contribution in [0.15, 0.2) is 28.6 Å². The molecule has 1 atom stereocenters. The van der Waals surface area contributed by atoms with Gasteiger partial charge in [-0.2, -0.15) is 0 Å². The Labute approximate surface area is 157 Å². The number of aliphatic imine (C=N–C) groups is 1. The first kappa shape index (κ1) is 20.3. The fraction of sp³-hybridized carbons (Fsp3) is 0.474. The van der Waals surface area contributed by atoms with E-state index >= 15 is 0 Å². The molecule has 0 radical (unpaired) electrons. The lowest BCUT2D eigenvalue weighted by molar-refractivity contribution is 0.550. The number of aromatic nitrogens is 1. The molecule has 7 heteroatoms. The summed E-state index contributed by atoms with van der Waals surface area (Å²) in [6.07, 6.45) is 0.779. The lowest BCUT2D eigenvalue weighted by Gasteiger charge is -2.18. The molecule has 0 fully saturated rings. The lowest BCUT2D eigenvalue weighted by Crippen LogP contribution is -2.39. The van der Waals surface area contributed by atoms with E-state index < -0.39 is 11.6 Å². The van der Waals surface area contributed by atoms with Crippen molar-refractivity contribution in [2.24, 2.45) is 4.99 Å². The van der Waals surface area contributed by atoms with E-state index in [0.29, 0.717) is 18.1 Å². The predicted octanol–water partition coefficient (Wildman–Crippen LogP) is 4.19. The summed E-state index contributed by atoms with van der Waals surface area (Å²) in [6, 6.07) is 3.24. The van der Waals surface area contributed by atoms with E-state index in [-0.39, 0.29) is 11.5 Å². The SMILES string of the molecule is CN=C(NCCc1nc(C(C)(C)C)cs1)NC(C)c1ccc(F)cc1F. The van der Waals surface area contributed by atoms with Gasteiger partial charge in [-0.3, -0.25) is 4.99 Å². The minimum absolute atomic E-state index is 0.0500. The molecule has 26 heavy (non-hydrogen) atoms. The third kappa shape index (κ3) is 5.49. The molecule has 1 aromatic heterocycles. The van der Waals surface area contributed by atoms with Gasteiger partial charge in [-0.05, 0) is 13.0 Å². The van der Waals surface area contributed by atoms with Crippen molar-refractivity contribution in [3.05, 3.63) is 51.5 Å². The van der Waals surface area contributed by atoms with Gasteiger partial charge < -0.3 is 10.6 Å². The number of thiazole rings is 1. The first-order chi connectivity index (χ1) is 12.2. The fourth-order valence-corrected chi connectivity index (χ4v) is 3.41. The maximum atomic E-state index is 13.9. The monoisotopic (exact) mass is 380 g/mol. The van der Waals surface area contributed by atoms with Gasteiger partial charge in [0.2, 0.25) is 0 Å². The summed E-state index contributed by atoms with van der Waals surface area (Å²) >= 11 is 1.65. The third-order valence-electron chi connectivity index (χ3n) is 3.96. The number of hydrogen-bond donors (Lipinski definition) is 2. The largest absolute Gasteiger partial charge is 0.356 e. The topological polar surface area (TPSA) is 49.3 Å². The van der Waals surface area contributed by atoms with Crippen molar-refractivity contribution in [2.45, 2.75) is 45.6 Å². The summed E-state index contributed by atoms with van der Waals surface area (Å²) in [5.41, 5.74) is 1.54. The molecule has 1 aromatic carbocycles. The number of guanidine groups is 1. The van der Waals surface area contributed by atoms with Crippen molar-refractivity contribution in [1.82, 2.24) is 15.6 Å². The highest BCUT2D eigenvalue weighted by molar-refractivity contribution is 7.09. The standard InChI is InChI=1S/C19H26F2N4S/c1-12(14-7-6-13(20)10-15(14)21)24-18(22-5)23-9-8-17-25-16(11-26-17)19(2,3)4/h6-7,10-12H,8-9H2,1-5H3,(H2,22,23,24). The molecule has 0 spiro atoms. The van der Waals surface area contributed by atoms with Gasteiger partial charge in [-0.1, -0.05) is 26.8 Å². The Morgan fingerprint density at radius 3 is 2.62 bits per heavy atom. The smallest absolute Gasteiger partial charge is 0.191 e. The van der Waals surface area contributed by atoms with E-state index in [1.165, 1.54) is 12.1 Å². The quantitative estimate of drug-likeness (QED) is 0.604. The molecule has 2 N–H and O–H groups in total. The summed E-state index contributed by atoms with van der Waals surface area (Å²) in [5, 5.41) is 9.49. The molecule has 0 aliphatic carbocycles. The first-order valence-corrected chi connectivity index (χ1v) is 9.45. The van der Waals surface area contributed by atoms with Gasteiger partial charge in [0.05, 0.1) is 16.7 Å². The van der Waals surface area contributed by atoms with Crippen molar-refractivity contribution >= 4 is 17.3 Å². The van der Waals surface area contributed by atoms with Crippen LogP contribution in [-0.4, -0.2) is 24.5 Å². The van der Waals surface area contributed by atoms with Crippen LogP contribution in [-0.2, 0) is 11.8 Å². The summed E-state index contributed by atoms with van der Waals surface area (Å²) in [6.45, 7) is 8.90. The number of nitrogens with zero attached hydrogens (tertiary/aromatic N) is 2. The molecule has 1 unspecified atom stereocenters. The second-order valence-electron chi connectivity index (χ2n) is 7.16. The van der Waals surface area contributed by atoms with Crippen LogP contribution in [0.25, 0.3) is 0 Å². The van der Waals surface area contributed by atoms with E-state index in [2.05, 4.69) is 46.8 Å². The summed E-state index contributed by atoms with van der Waals surface area (Å²) in [5.74, 6) is -0.592. The normalized spacial score (nSPS) is 13.6. The van der Waals surface area contributed by atoms with Crippen LogP contribution in [0.3, 0.4) is 0 Å². The Morgan fingerprint density at radius 1 is 1.31 bits per heavy atom. The second-order valence-corrected chi connectivity index (χ2v) is 8.10. The molecule has 142 valence electrons. The molecule has 0 saturated carbocycles. The Balaban J connectivity index is 1.88. The van der Waals surface area contributed by atoms with Crippen LogP contribution in [0, 0.1) is 11.6 Å². The minimum Gasteiger partial charge on any atom is -0.356 e. The van der Waals surface area contributed by atoms with Crippen LogP contribution in [0.5, 0.6) is 0 Å². The van der Waals surface area contributed by atoms with Gasteiger partial charge in [-0.25, -0.2) is 13.8 Å². The molecule has 4 nitrogen and oxygen atoms in total. The van der Waals surface area contributed by atoms with Gasteiger partial charge in [0.15, 0.2) is 5.96 Å². The maximum Gasteiger partial charge on any atom is 0.191 e. The highest BCUT2D eigenvalue weighted by Gasteiger charge is 2.17. The van der Waals surface area contributed by atoms with Crippen LogP contribution < -0.4 is 10.6 Å². The molecule has 0 saturated heterocycles. The summed E-state index contributed by atoms with van der Waals surface area (Å²) in [7, 11) is 1.66. The zero-order valence-electron chi connectivity index (χ0n) is 15.9. The predicted molar refractivity (Wildman–Crippen MR) is 104 cm³/mol. The average Bonchev–Trinajstić information content (AvgIpc) is 3.02. The van der Waals surface area contributed by atoms with Crippen LogP contribution in [0.1, 0.15) is 50.0 Å². The molecular weight excluding hydrogens is 354 g/mol. The fourth-order valence-electron chi connectivity index (χ4n) is 2.39. The van der Waals surface area contributed by atoms with Crippen molar-refractivity contribution < 1.29 is 8.78 Å². The highest BCUT2D eigenvalue weighted by Crippen LogP contribution is 2.24. The maximum absolute atomic E-state index is 13.9. The molecular formula is C19H26F2N4S. The van der Waals surface area contributed by atoms with Gasteiger partial charge in [0, 0.05) is 42.4 Å². The Kier molecular flexibility index (Phi) is 6.69. The third-order valence-corrected chi connectivity index (χ3v) is 4.87. The van der Waals surface area contributed by atoms with Crippen LogP contribution in [0.2, 0.25) is 0 Å². The van der Waals surface area contributed by atoms with Crippen molar-refractivity contribution in [3.63, 3.8) is 0 Å². The second kappa shape index (κ2) is 8.58. The molecule has 0 aliphatic rings. The zero-order valence-corrected chi connectivity index (χ0v) is 16.7. The lowest BCUT2D eigenvalue weighted by atomic mass is 9.93. The van der Waals surface area contributed by atoms with Gasteiger partial charge in [0.1, 0.15) is 11.6 Å². The van der Waals surface area contributed by atoms with E-state index in [1.807, 2.05) is 0 Å². The number of nitrogens with one attached hydrogen (secondary N) is 2. The zero-order chi connectivity index (χ0) is 19.3. The molecule has 0 amide bonds. The van der Waals surface area contributed by atoms with Crippen molar-refractivity contribution in [1.29, 1.82) is 0 Å². The minimum atomic E-state index is -0.584. The Morgan fingerprint density at radius 2 is 2.04 bits per heavy atom. The van der Waals surface area contributed by atoms with E-state index in [0.717, 1.165) is 23.2 Å². The molecule has 2 aromatic rings. The Bertz CT molecular complexity index is 765. The highest BCUT2D eigenvalue weighted by atomic mass is 32.1. The van der Waals surface area contributed by atoms with Crippen molar-refractivity contribution in [2.75, 3.05) is 13.6 Å². The number of rotatable bonds is 5. The van der Waals surface area contributed by atoms with E-state index in [4.69, 9.17) is 0 Å². The molecule has 2 rings (SSSR count). The molecule has 1 heterocycles. The first-order valence-electron chi connectivity index (χ1n) is 8.57. The van der Waals surface area contributed by atoms with Crippen LogP contribution in [0.4, 0.5) is 8.78 Å². The van der Waals surface area contributed by atoms with Crippen molar-refractivity contribution in [3.8, 4) is 0 Å². The molecule has 0 aliphatic heterocycles. The van der Waals surface area contributed by atoms with E-state index in [1.54, 1.807) is 25.3 Å². The molecule has 0 bridgehead atoms. The van der Waals surface area contributed by atoms with Crippen LogP contribution >= 0.6 is 11.3 Å². The van der Waals surface area contributed by atoms with Gasteiger partial charge in [0.25, 0.3) is 0 Å². The summed E-state index contributed by atoms with van der Waals surface area (Å²) < 4.78 is 26.9. The Hall–Kier alpha value is -2.02.